The van der Waals surface area contributed by atoms with Gasteiger partial charge in [0, 0.05) is 37.8 Å². The largest absolute Gasteiger partial charge is 0.354 e. The Hall–Kier alpha value is -1.65. The van der Waals surface area contributed by atoms with E-state index in [0.29, 0.717) is 5.92 Å². The van der Waals surface area contributed by atoms with Gasteiger partial charge in [0.15, 0.2) is 0 Å². The number of hydrogen-bond acceptors (Lipinski definition) is 4. The first-order chi connectivity index (χ1) is 8.56. The third-order valence-corrected chi connectivity index (χ3v) is 3.18. The highest BCUT2D eigenvalue weighted by atomic mass is 16.1. The molecule has 1 aliphatic heterocycles. The molecule has 1 aliphatic rings. The van der Waals surface area contributed by atoms with Crippen LogP contribution in [0.2, 0.25) is 0 Å². The van der Waals surface area contributed by atoms with Crippen molar-refractivity contribution in [3.05, 3.63) is 18.1 Å². The van der Waals surface area contributed by atoms with Crippen LogP contribution in [0.1, 0.15) is 38.8 Å². The van der Waals surface area contributed by atoms with Crippen molar-refractivity contribution in [2.45, 2.75) is 39.2 Å². The fourth-order valence-electron chi connectivity index (χ4n) is 2.22. The first-order valence-corrected chi connectivity index (χ1v) is 6.40. The van der Waals surface area contributed by atoms with Crippen LogP contribution in [0.3, 0.4) is 0 Å². The molecule has 18 heavy (non-hydrogen) atoms. The van der Waals surface area contributed by atoms with E-state index in [-0.39, 0.29) is 11.9 Å². The van der Waals surface area contributed by atoms with Crippen molar-refractivity contribution in [3.63, 3.8) is 0 Å². The van der Waals surface area contributed by atoms with Crippen molar-refractivity contribution in [3.8, 4) is 0 Å². The maximum atomic E-state index is 11.0. The van der Waals surface area contributed by atoms with E-state index in [0.717, 1.165) is 31.0 Å². The van der Waals surface area contributed by atoms with Crippen LogP contribution in [0.5, 0.6) is 0 Å². The summed E-state index contributed by atoms with van der Waals surface area (Å²) in [6.07, 6.45) is 2.59. The molecule has 98 valence electrons. The zero-order chi connectivity index (χ0) is 13.1. The topological polar surface area (TPSA) is 58.1 Å². The summed E-state index contributed by atoms with van der Waals surface area (Å²) in [6.45, 7) is 7.56. The molecule has 0 radical (unpaired) electrons. The summed E-state index contributed by atoms with van der Waals surface area (Å²) in [5, 5.41) is 2.95. The number of rotatable bonds is 3. The second-order valence-corrected chi connectivity index (χ2v) is 5.09. The molecule has 1 unspecified atom stereocenters. The highest BCUT2D eigenvalue weighted by molar-refractivity contribution is 5.73. The van der Waals surface area contributed by atoms with E-state index in [1.807, 2.05) is 6.07 Å². The zero-order valence-electron chi connectivity index (χ0n) is 11.2. The zero-order valence-corrected chi connectivity index (χ0v) is 11.2. The molecule has 0 saturated carbocycles. The summed E-state index contributed by atoms with van der Waals surface area (Å²) in [6, 6.07) is 2.28. The molecule has 1 amide bonds. The number of carbonyl (C=O) groups is 1. The smallest absolute Gasteiger partial charge is 0.217 e. The van der Waals surface area contributed by atoms with Crippen LogP contribution >= 0.6 is 0 Å². The lowest BCUT2D eigenvalue weighted by atomic mass is 10.1. The van der Waals surface area contributed by atoms with Crippen molar-refractivity contribution in [1.82, 2.24) is 15.3 Å². The first kappa shape index (κ1) is 12.8. The van der Waals surface area contributed by atoms with Gasteiger partial charge in [-0.15, -0.1) is 0 Å². The van der Waals surface area contributed by atoms with Gasteiger partial charge in [0.2, 0.25) is 5.91 Å². The molecule has 2 heterocycles. The molecule has 1 N–H and O–H groups in total. The number of aromatic nitrogens is 2. The van der Waals surface area contributed by atoms with Crippen LogP contribution in [0.4, 0.5) is 5.82 Å². The summed E-state index contributed by atoms with van der Waals surface area (Å²) >= 11 is 0. The Labute approximate surface area is 108 Å². The molecule has 0 aromatic carbocycles. The first-order valence-electron chi connectivity index (χ1n) is 6.40. The standard InChI is InChI=1S/C13H20N4O/c1-9(2)12-6-13(15-8-14-12)17-5-4-11(7-17)16-10(3)18/h6,8-9,11H,4-5,7H2,1-3H3,(H,16,18). The molecule has 1 saturated heterocycles. The maximum absolute atomic E-state index is 11.0. The van der Waals surface area contributed by atoms with Gasteiger partial charge in [0.1, 0.15) is 12.1 Å². The third-order valence-electron chi connectivity index (χ3n) is 3.18. The van der Waals surface area contributed by atoms with Crippen molar-refractivity contribution in [2.75, 3.05) is 18.0 Å². The minimum absolute atomic E-state index is 0.0346. The third kappa shape index (κ3) is 2.97. The van der Waals surface area contributed by atoms with E-state index in [4.69, 9.17) is 0 Å². The molecular weight excluding hydrogens is 228 g/mol. The van der Waals surface area contributed by atoms with Crippen LogP contribution < -0.4 is 10.2 Å². The van der Waals surface area contributed by atoms with Gasteiger partial charge in [-0.1, -0.05) is 13.8 Å². The Morgan fingerprint density at radius 1 is 1.50 bits per heavy atom. The van der Waals surface area contributed by atoms with Crippen LogP contribution in [0.25, 0.3) is 0 Å². The van der Waals surface area contributed by atoms with E-state index >= 15 is 0 Å². The molecule has 2 rings (SSSR count). The molecule has 0 bridgehead atoms. The fourth-order valence-corrected chi connectivity index (χ4v) is 2.22. The van der Waals surface area contributed by atoms with Gasteiger partial charge in [-0.3, -0.25) is 4.79 Å². The van der Waals surface area contributed by atoms with Gasteiger partial charge in [0.05, 0.1) is 0 Å². The monoisotopic (exact) mass is 248 g/mol. The summed E-state index contributed by atoms with van der Waals surface area (Å²) in [5.74, 6) is 1.40. The lowest BCUT2D eigenvalue weighted by Gasteiger charge is -2.18. The molecular formula is C13H20N4O. The minimum atomic E-state index is 0.0346. The Kier molecular flexibility index (Phi) is 3.79. The summed E-state index contributed by atoms with van der Waals surface area (Å²) in [5.41, 5.74) is 1.06. The van der Waals surface area contributed by atoms with Crippen LogP contribution in [0.15, 0.2) is 12.4 Å². The van der Waals surface area contributed by atoms with Gasteiger partial charge >= 0.3 is 0 Å². The van der Waals surface area contributed by atoms with Gasteiger partial charge in [-0.05, 0) is 12.3 Å². The second kappa shape index (κ2) is 5.33. The van der Waals surface area contributed by atoms with Gasteiger partial charge in [-0.25, -0.2) is 9.97 Å². The Balaban J connectivity index is 2.05. The molecule has 5 heteroatoms. The SMILES string of the molecule is CC(=O)NC1CCN(c2cc(C(C)C)ncn2)C1. The molecule has 0 spiro atoms. The number of nitrogens with zero attached hydrogens (tertiary/aromatic N) is 3. The predicted octanol–water partition coefficient (Wildman–Crippen LogP) is 1.31. The maximum Gasteiger partial charge on any atom is 0.217 e. The number of hydrogen-bond donors (Lipinski definition) is 1. The molecule has 1 aromatic heterocycles. The number of anilines is 1. The highest BCUT2D eigenvalue weighted by Crippen LogP contribution is 2.20. The second-order valence-electron chi connectivity index (χ2n) is 5.09. The fraction of sp³-hybridized carbons (Fsp3) is 0.615. The van der Waals surface area contributed by atoms with Crippen molar-refractivity contribution >= 4 is 11.7 Å². The lowest BCUT2D eigenvalue weighted by molar-refractivity contribution is -0.119. The summed E-state index contributed by atoms with van der Waals surface area (Å²) in [7, 11) is 0. The Morgan fingerprint density at radius 3 is 2.94 bits per heavy atom. The lowest BCUT2D eigenvalue weighted by Crippen LogP contribution is -2.35. The average Bonchev–Trinajstić information content (AvgIpc) is 2.77. The normalized spacial score (nSPS) is 19.3. The molecule has 1 fully saturated rings. The van der Waals surface area contributed by atoms with Gasteiger partial charge in [0.25, 0.3) is 0 Å². The van der Waals surface area contributed by atoms with Gasteiger partial charge in [-0.2, -0.15) is 0 Å². The molecule has 1 atom stereocenters. The number of carbonyl (C=O) groups excluding carboxylic acids is 1. The van der Waals surface area contributed by atoms with E-state index in [2.05, 4.69) is 34.0 Å². The Morgan fingerprint density at radius 2 is 2.28 bits per heavy atom. The average molecular weight is 248 g/mol. The van der Waals surface area contributed by atoms with Crippen LogP contribution in [-0.4, -0.2) is 35.0 Å². The number of amides is 1. The van der Waals surface area contributed by atoms with E-state index in [1.165, 1.54) is 0 Å². The van der Waals surface area contributed by atoms with E-state index in [9.17, 15) is 4.79 Å². The molecule has 1 aromatic rings. The summed E-state index contributed by atoms with van der Waals surface area (Å²) in [4.78, 5) is 21.8. The van der Waals surface area contributed by atoms with Crippen molar-refractivity contribution < 1.29 is 4.79 Å². The van der Waals surface area contributed by atoms with Gasteiger partial charge < -0.3 is 10.2 Å². The summed E-state index contributed by atoms with van der Waals surface area (Å²) < 4.78 is 0. The minimum Gasteiger partial charge on any atom is -0.354 e. The predicted molar refractivity (Wildman–Crippen MR) is 70.6 cm³/mol. The quantitative estimate of drug-likeness (QED) is 0.876. The number of nitrogens with one attached hydrogen (secondary N) is 1. The van der Waals surface area contributed by atoms with Crippen molar-refractivity contribution in [2.24, 2.45) is 0 Å². The molecule has 0 aliphatic carbocycles. The highest BCUT2D eigenvalue weighted by Gasteiger charge is 2.24. The van der Waals surface area contributed by atoms with E-state index < -0.39 is 0 Å². The van der Waals surface area contributed by atoms with Crippen LogP contribution in [-0.2, 0) is 4.79 Å². The Bertz CT molecular complexity index is 433. The molecule has 5 nitrogen and oxygen atoms in total. The van der Waals surface area contributed by atoms with Crippen molar-refractivity contribution in [1.29, 1.82) is 0 Å². The van der Waals surface area contributed by atoms with Crippen LogP contribution in [0, 0.1) is 0 Å². The van der Waals surface area contributed by atoms with E-state index in [1.54, 1.807) is 13.3 Å².